The number of hydrogen-bond donors (Lipinski definition) is 0. The van der Waals surface area contributed by atoms with Crippen LogP contribution in [-0.4, -0.2) is 17.2 Å². The number of fused-ring (bicyclic) bond motifs is 6. The molecule has 12 rings (SSSR count). The molecule has 0 spiro atoms. The lowest BCUT2D eigenvalue weighted by Gasteiger charge is -2.35. The lowest BCUT2D eigenvalue weighted by molar-refractivity contribution is 1.16. The second-order valence-corrected chi connectivity index (χ2v) is 20.2. The van der Waals surface area contributed by atoms with Crippen LogP contribution in [0.15, 0.2) is 255 Å². The van der Waals surface area contributed by atoms with Crippen LogP contribution in [0.1, 0.15) is 0 Å². The Morgan fingerprint density at radius 3 is 1.37 bits per heavy atom. The molecule has 0 fully saturated rings. The van der Waals surface area contributed by atoms with E-state index in [4.69, 9.17) is 0 Å². The molecule has 0 N–H and O–H groups in total. The Kier molecular flexibility index (Phi) is 8.87. The van der Waals surface area contributed by atoms with Crippen LogP contribution in [0, 0.1) is 0 Å². The van der Waals surface area contributed by atoms with Crippen LogP contribution in [0.5, 0.6) is 0 Å². The van der Waals surface area contributed by atoms with Crippen LogP contribution in [0.3, 0.4) is 0 Å². The molecule has 10 aromatic carbocycles. The first-order valence-electron chi connectivity index (χ1n) is 21.8. The highest BCUT2D eigenvalue weighted by atomic mass is 28.3. The van der Waals surface area contributed by atoms with Crippen molar-refractivity contribution in [2.24, 2.45) is 0 Å². The first-order valence-corrected chi connectivity index (χ1v) is 23.8. The number of para-hydroxylation sites is 3. The fraction of sp³-hybridized carbons (Fsp3) is 0. The maximum absolute atomic E-state index is 2.97. The van der Waals surface area contributed by atoms with Gasteiger partial charge < -0.3 is 9.13 Å². The Morgan fingerprint density at radius 2 is 0.762 bits per heavy atom. The first-order chi connectivity index (χ1) is 31.3. The van der Waals surface area contributed by atoms with Crippen LogP contribution in [0.2, 0.25) is 0 Å². The summed E-state index contributed by atoms with van der Waals surface area (Å²) in [6.45, 7) is 0. The van der Waals surface area contributed by atoms with Gasteiger partial charge >= 0.3 is 0 Å². The van der Waals surface area contributed by atoms with Crippen molar-refractivity contribution in [3.63, 3.8) is 0 Å². The van der Waals surface area contributed by atoms with E-state index in [1.165, 1.54) is 86.6 Å². The SMILES string of the molecule is c1ccc(-c2ccccc2-n2c3ccccc3c3ccc(-n4c5ccccc5c5c([Si](c6ccccc6)(c6ccccc6)c6ccccc6)ccc(-c6ccccc6)c54)cc32)cc1. The number of hydrogen-bond acceptors (Lipinski definition) is 0. The smallest absolute Gasteiger partial charge is 0.180 e. The van der Waals surface area contributed by atoms with Crippen molar-refractivity contribution in [2.45, 2.75) is 0 Å². The van der Waals surface area contributed by atoms with Crippen molar-refractivity contribution in [3.8, 4) is 33.6 Å². The lowest BCUT2D eigenvalue weighted by atomic mass is 10.0. The second-order valence-electron chi connectivity index (χ2n) is 16.4. The first kappa shape index (κ1) is 36.8. The molecule has 0 saturated heterocycles. The van der Waals surface area contributed by atoms with Crippen LogP contribution >= 0.6 is 0 Å². The highest BCUT2D eigenvalue weighted by Crippen LogP contribution is 2.41. The summed E-state index contributed by atoms with van der Waals surface area (Å²) < 4.78 is 5.03. The average Bonchev–Trinajstić information content (AvgIpc) is 3.89. The third-order valence-electron chi connectivity index (χ3n) is 13.1. The normalized spacial score (nSPS) is 11.8. The molecule has 63 heavy (non-hydrogen) atoms. The van der Waals surface area contributed by atoms with Gasteiger partial charge in [-0.15, -0.1) is 0 Å². The zero-order valence-electron chi connectivity index (χ0n) is 34.6. The predicted octanol–water partition coefficient (Wildman–Crippen LogP) is 12.6. The summed E-state index contributed by atoms with van der Waals surface area (Å²) in [7, 11) is -2.97. The molecule has 0 bridgehead atoms. The Labute approximate surface area is 368 Å². The Bertz CT molecular complexity index is 3500. The maximum Gasteiger partial charge on any atom is 0.180 e. The van der Waals surface area contributed by atoms with Crippen molar-refractivity contribution in [3.05, 3.63) is 255 Å². The van der Waals surface area contributed by atoms with Gasteiger partial charge in [0.15, 0.2) is 8.07 Å². The van der Waals surface area contributed by atoms with Crippen molar-refractivity contribution in [2.75, 3.05) is 0 Å². The molecular formula is C60H42N2Si. The van der Waals surface area contributed by atoms with E-state index < -0.39 is 8.07 Å². The van der Waals surface area contributed by atoms with E-state index in [9.17, 15) is 0 Å². The van der Waals surface area contributed by atoms with Gasteiger partial charge in [-0.1, -0.05) is 224 Å². The molecule has 0 amide bonds. The van der Waals surface area contributed by atoms with E-state index in [1.807, 2.05) is 0 Å². The minimum atomic E-state index is -2.97. The monoisotopic (exact) mass is 818 g/mol. The van der Waals surface area contributed by atoms with Crippen LogP contribution in [0.4, 0.5) is 0 Å². The summed E-state index contributed by atoms with van der Waals surface area (Å²) in [5.74, 6) is 0. The summed E-state index contributed by atoms with van der Waals surface area (Å²) in [5.41, 5.74) is 11.8. The third-order valence-corrected chi connectivity index (χ3v) is 17.9. The van der Waals surface area contributed by atoms with Crippen LogP contribution < -0.4 is 20.7 Å². The Morgan fingerprint density at radius 1 is 0.302 bits per heavy atom. The van der Waals surface area contributed by atoms with E-state index in [1.54, 1.807) is 0 Å². The number of benzene rings is 10. The van der Waals surface area contributed by atoms with Gasteiger partial charge in [-0.3, -0.25) is 0 Å². The number of nitrogens with zero attached hydrogens (tertiary/aromatic N) is 2. The highest BCUT2D eigenvalue weighted by molar-refractivity contribution is 7.20. The molecule has 0 aliphatic carbocycles. The summed E-state index contributed by atoms with van der Waals surface area (Å²) in [5, 5.41) is 10.5. The topological polar surface area (TPSA) is 9.86 Å². The minimum Gasteiger partial charge on any atom is -0.309 e. The zero-order valence-corrected chi connectivity index (χ0v) is 35.6. The highest BCUT2D eigenvalue weighted by Gasteiger charge is 2.43. The fourth-order valence-corrected chi connectivity index (χ4v) is 15.4. The van der Waals surface area contributed by atoms with Crippen molar-refractivity contribution in [1.29, 1.82) is 0 Å². The molecule has 3 heteroatoms. The van der Waals surface area contributed by atoms with Gasteiger partial charge in [0.05, 0.1) is 27.8 Å². The molecular weight excluding hydrogens is 777 g/mol. The minimum absolute atomic E-state index is 1.12. The number of rotatable bonds is 8. The molecule has 2 heterocycles. The predicted molar refractivity (Wildman–Crippen MR) is 270 cm³/mol. The van der Waals surface area contributed by atoms with Crippen molar-refractivity contribution in [1.82, 2.24) is 9.13 Å². The van der Waals surface area contributed by atoms with Gasteiger partial charge in [-0.2, -0.15) is 0 Å². The fourth-order valence-electron chi connectivity index (χ4n) is 10.4. The van der Waals surface area contributed by atoms with E-state index in [0.717, 1.165) is 11.4 Å². The second kappa shape index (κ2) is 15.2. The molecule has 0 atom stereocenters. The Hall–Kier alpha value is -7.98. The summed E-state index contributed by atoms with van der Waals surface area (Å²) >= 11 is 0. The molecule has 0 aliphatic heterocycles. The largest absolute Gasteiger partial charge is 0.309 e. The number of aromatic nitrogens is 2. The van der Waals surface area contributed by atoms with E-state index in [2.05, 4.69) is 264 Å². The van der Waals surface area contributed by atoms with Gasteiger partial charge in [0.2, 0.25) is 0 Å². The summed E-state index contributed by atoms with van der Waals surface area (Å²) in [6, 6.07) is 94.4. The molecule has 2 aromatic heterocycles. The Balaban J connectivity index is 1.24. The van der Waals surface area contributed by atoms with Crippen LogP contribution in [-0.2, 0) is 0 Å². The standard InChI is InChI=1S/C60H42N2Si/c1-6-22-43(23-7-1)49-32-16-19-35-54(49)62-55-36-20-17-33-51(55)52-39-38-45(42-57(52)62)61-56-37-21-18-34-53(56)59-58(41-40-50(60(59)61)44-24-8-2-9-25-44)63(46-26-10-3-11-27-46,47-28-12-4-13-29-47)48-30-14-5-15-31-48/h1-42H. The quantitative estimate of drug-likeness (QED) is 0.107. The van der Waals surface area contributed by atoms with Gasteiger partial charge in [-0.25, -0.2) is 0 Å². The molecule has 0 saturated carbocycles. The lowest BCUT2D eigenvalue weighted by Crippen LogP contribution is -2.74. The van der Waals surface area contributed by atoms with Gasteiger partial charge in [0, 0.05) is 38.4 Å². The zero-order chi connectivity index (χ0) is 41.7. The average molecular weight is 819 g/mol. The van der Waals surface area contributed by atoms with Crippen LogP contribution in [0.25, 0.3) is 77.2 Å². The molecule has 12 aromatic rings. The summed E-state index contributed by atoms with van der Waals surface area (Å²) in [4.78, 5) is 0. The van der Waals surface area contributed by atoms with Gasteiger partial charge in [0.25, 0.3) is 0 Å². The third kappa shape index (κ3) is 5.78. The molecule has 296 valence electrons. The molecule has 0 unspecified atom stereocenters. The van der Waals surface area contributed by atoms with E-state index >= 15 is 0 Å². The molecule has 0 radical (unpaired) electrons. The van der Waals surface area contributed by atoms with E-state index in [0.29, 0.717) is 0 Å². The summed E-state index contributed by atoms with van der Waals surface area (Å²) in [6.07, 6.45) is 0. The maximum atomic E-state index is 2.56. The van der Waals surface area contributed by atoms with Gasteiger partial charge in [-0.05, 0) is 62.2 Å². The van der Waals surface area contributed by atoms with Gasteiger partial charge in [0.1, 0.15) is 0 Å². The molecule has 0 aliphatic rings. The van der Waals surface area contributed by atoms with Crippen molar-refractivity contribution < 1.29 is 0 Å². The van der Waals surface area contributed by atoms with E-state index in [-0.39, 0.29) is 0 Å². The molecule has 2 nitrogen and oxygen atoms in total. The van der Waals surface area contributed by atoms with Crippen molar-refractivity contribution >= 4 is 72.4 Å².